The highest BCUT2D eigenvalue weighted by Gasteiger charge is 2.28. The van der Waals surface area contributed by atoms with E-state index < -0.39 is 0 Å². The van der Waals surface area contributed by atoms with Gasteiger partial charge in [-0.3, -0.25) is 0 Å². The van der Waals surface area contributed by atoms with Gasteiger partial charge < -0.3 is 5.73 Å². The van der Waals surface area contributed by atoms with E-state index in [-0.39, 0.29) is 17.8 Å². The molecule has 110 valence electrons. The maximum absolute atomic E-state index is 14.4. The van der Waals surface area contributed by atoms with Crippen molar-refractivity contribution < 1.29 is 4.39 Å². The number of hydrogen-bond donors (Lipinski definition) is 1. The number of nitrogens with two attached hydrogens (primary N) is 1. The molecule has 1 aliphatic rings. The largest absolute Gasteiger partial charge is 0.323 e. The molecule has 3 rings (SSSR count). The Morgan fingerprint density at radius 3 is 2.71 bits per heavy atom. The summed E-state index contributed by atoms with van der Waals surface area (Å²) in [6.45, 7) is 3.88. The Balaban J connectivity index is 2.03. The Labute approximate surface area is 126 Å². The monoisotopic (exact) mass is 283 g/mol. The van der Waals surface area contributed by atoms with Gasteiger partial charge in [-0.05, 0) is 61.4 Å². The number of fused-ring (bicyclic) bond motifs is 1. The van der Waals surface area contributed by atoms with Crippen molar-refractivity contribution in [1.29, 1.82) is 0 Å². The van der Waals surface area contributed by atoms with Crippen LogP contribution in [0.2, 0.25) is 0 Å². The first-order valence-corrected chi connectivity index (χ1v) is 7.68. The van der Waals surface area contributed by atoms with Crippen molar-refractivity contribution in [3.63, 3.8) is 0 Å². The molecular formula is C19H22FN. The highest BCUT2D eigenvalue weighted by atomic mass is 19.1. The van der Waals surface area contributed by atoms with Crippen molar-refractivity contribution in [3.8, 4) is 0 Å². The molecule has 2 aromatic rings. The molecule has 2 aromatic carbocycles. The maximum atomic E-state index is 14.4. The quantitative estimate of drug-likeness (QED) is 0.859. The lowest BCUT2D eigenvalue weighted by Gasteiger charge is -2.31. The standard InChI is InChI=1S/C19H22FN/c1-12-10-13(2)18(17(20)11-12)19(21)16-9-5-7-14-6-3-4-8-15(14)16/h3-4,6,8,10-11,16,19H,5,7,9,21H2,1-2H3. The van der Waals surface area contributed by atoms with Gasteiger partial charge in [0.1, 0.15) is 5.82 Å². The van der Waals surface area contributed by atoms with Crippen LogP contribution in [-0.2, 0) is 6.42 Å². The molecule has 2 heteroatoms. The van der Waals surface area contributed by atoms with Crippen LogP contribution in [0.5, 0.6) is 0 Å². The summed E-state index contributed by atoms with van der Waals surface area (Å²) in [6, 6.07) is 11.8. The molecule has 0 radical (unpaired) electrons. The fourth-order valence-corrected chi connectivity index (χ4v) is 3.71. The first-order chi connectivity index (χ1) is 10.1. The molecular weight excluding hydrogens is 261 g/mol. The third kappa shape index (κ3) is 2.60. The van der Waals surface area contributed by atoms with Gasteiger partial charge in [0, 0.05) is 17.5 Å². The zero-order valence-electron chi connectivity index (χ0n) is 12.7. The number of hydrogen-bond acceptors (Lipinski definition) is 1. The van der Waals surface area contributed by atoms with E-state index in [1.807, 2.05) is 19.9 Å². The van der Waals surface area contributed by atoms with Crippen LogP contribution in [0.15, 0.2) is 36.4 Å². The van der Waals surface area contributed by atoms with E-state index in [1.165, 1.54) is 11.1 Å². The second-order valence-corrected chi connectivity index (χ2v) is 6.20. The molecule has 0 aromatic heterocycles. The Morgan fingerprint density at radius 2 is 1.95 bits per heavy atom. The minimum atomic E-state index is -0.271. The molecule has 2 N–H and O–H groups in total. The van der Waals surface area contributed by atoms with Crippen molar-refractivity contribution in [2.45, 2.75) is 45.1 Å². The number of aryl methyl sites for hydroxylation is 3. The average Bonchev–Trinajstić information content (AvgIpc) is 2.45. The Kier molecular flexibility index (Phi) is 3.81. The number of rotatable bonds is 2. The van der Waals surface area contributed by atoms with Gasteiger partial charge in [-0.1, -0.05) is 30.3 Å². The lowest BCUT2D eigenvalue weighted by molar-refractivity contribution is 0.456. The van der Waals surface area contributed by atoms with Crippen molar-refractivity contribution >= 4 is 0 Å². The predicted octanol–water partition coefficient (Wildman–Crippen LogP) is 4.56. The van der Waals surface area contributed by atoms with Crippen LogP contribution in [0.4, 0.5) is 4.39 Å². The van der Waals surface area contributed by atoms with E-state index in [0.717, 1.165) is 30.4 Å². The van der Waals surface area contributed by atoms with Gasteiger partial charge in [0.05, 0.1) is 0 Å². The first kappa shape index (κ1) is 14.3. The summed E-state index contributed by atoms with van der Waals surface area (Å²) in [5.41, 5.74) is 11.8. The molecule has 0 saturated heterocycles. The summed E-state index contributed by atoms with van der Waals surface area (Å²) < 4.78 is 14.4. The minimum absolute atomic E-state index is 0.164. The van der Waals surface area contributed by atoms with Gasteiger partial charge in [0.25, 0.3) is 0 Å². The molecule has 0 amide bonds. The first-order valence-electron chi connectivity index (χ1n) is 7.68. The van der Waals surface area contributed by atoms with Crippen LogP contribution < -0.4 is 5.73 Å². The van der Waals surface area contributed by atoms with Crippen LogP contribution in [0.3, 0.4) is 0 Å². The molecule has 0 bridgehead atoms. The highest BCUT2D eigenvalue weighted by molar-refractivity contribution is 5.40. The zero-order chi connectivity index (χ0) is 15.0. The maximum Gasteiger partial charge on any atom is 0.128 e. The Bertz CT molecular complexity index is 639. The van der Waals surface area contributed by atoms with Gasteiger partial charge in [-0.2, -0.15) is 0 Å². The smallest absolute Gasteiger partial charge is 0.128 e. The summed E-state index contributed by atoms with van der Waals surface area (Å²) >= 11 is 0. The van der Waals surface area contributed by atoms with Gasteiger partial charge in [0.15, 0.2) is 0 Å². The third-order valence-electron chi connectivity index (χ3n) is 4.66. The van der Waals surface area contributed by atoms with E-state index in [0.29, 0.717) is 5.56 Å². The molecule has 21 heavy (non-hydrogen) atoms. The van der Waals surface area contributed by atoms with E-state index in [1.54, 1.807) is 6.07 Å². The summed E-state index contributed by atoms with van der Waals surface area (Å²) in [7, 11) is 0. The van der Waals surface area contributed by atoms with Crippen LogP contribution in [0.25, 0.3) is 0 Å². The molecule has 0 aliphatic heterocycles. The third-order valence-corrected chi connectivity index (χ3v) is 4.66. The topological polar surface area (TPSA) is 26.0 Å². The van der Waals surface area contributed by atoms with E-state index >= 15 is 0 Å². The molecule has 0 saturated carbocycles. The fraction of sp³-hybridized carbons (Fsp3) is 0.368. The second kappa shape index (κ2) is 5.61. The second-order valence-electron chi connectivity index (χ2n) is 6.20. The Hall–Kier alpha value is -1.67. The predicted molar refractivity (Wildman–Crippen MR) is 84.9 cm³/mol. The molecule has 1 nitrogen and oxygen atoms in total. The normalized spacial score (nSPS) is 19.1. The van der Waals surface area contributed by atoms with Gasteiger partial charge >= 0.3 is 0 Å². The minimum Gasteiger partial charge on any atom is -0.323 e. The molecule has 1 aliphatic carbocycles. The van der Waals surface area contributed by atoms with Crippen molar-refractivity contribution in [2.24, 2.45) is 5.73 Å². The highest BCUT2D eigenvalue weighted by Crippen LogP contribution is 2.40. The summed E-state index contributed by atoms with van der Waals surface area (Å²) in [5, 5.41) is 0. The molecule has 0 spiro atoms. The van der Waals surface area contributed by atoms with Crippen LogP contribution >= 0.6 is 0 Å². The van der Waals surface area contributed by atoms with Gasteiger partial charge in [-0.25, -0.2) is 4.39 Å². The van der Waals surface area contributed by atoms with Gasteiger partial charge in [-0.15, -0.1) is 0 Å². The summed E-state index contributed by atoms with van der Waals surface area (Å²) in [6.07, 6.45) is 3.27. The zero-order valence-corrected chi connectivity index (χ0v) is 12.7. The average molecular weight is 283 g/mol. The summed E-state index contributed by atoms with van der Waals surface area (Å²) in [4.78, 5) is 0. The van der Waals surface area contributed by atoms with Crippen molar-refractivity contribution in [3.05, 3.63) is 70.0 Å². The molecule has 2 unspecified atom stereocenters. The molecule has 0 heterocycles. The number of halogens is 1. The number of benzene rings is 2. The molecule has 0 fully saturated rings. The SMILES string of the molecule is Cc1cc(C)c(C(N)C2CCCc3ccccc32)c(F)c1. The van der Waals surface area contributed by atoms with Crippen LogP contribution in [0, 0.1) is 19.7 Å². The van der Waals surface area contributed by atoms with Gasteiger partial charge in [0.2, 0.25) is 0 Å². The molecule has 2 atom stereocenters. The van der Waals surface area contributed by atoms with E-state index in [2.05, 4.69) is 24.3 Å². The van der Waals surface area contributed by atoms with Crippen LogP contribution in [0.1, 0.15) is 52.6 Å². The lowest BCUT2D eigenvalue weighted by Crippen LogP contribution is -2.25. The fourth-order valence-electron chi connectivity index (χ4n) is 3.71. The van der Waals surface area contributed by atoms with E-state index in [4.69, 9.17) is 5.73 Å². The van der Waals surface area contributed by atoms with Crippen molar-refractivity contribution in [2.75, 3.05) is 0 Å². The van der Waals surface area contributed by atoms with Crippen LogP contribution in [-0.4, -0.2) is 0 Å². The Morgan fingerprint density at radius 1 is 1.19 bits per heavy atom. The lowest BCUT2D eigenvalue weighted by atomic mass is 9.76. The van der Waals surface area contributed by atoms with E-state index in [9.17, 15) is 4.39 Å². The summed E-state index contributed by atoms with van der Waals surface area (Å²) in [5.74, 6) is 0.0499. The van der Waals surface area contributed by atoms with Crippen molar-refractivity contribution in [1.82, 2.24) is 0 Å².